The van der Waals surface area contributed by atoms with Crippen LogP contribution in [-0.4, -0.2) is 16.5 Å². The summed E-state index contributed by atoms with van der Waals surface area (Å²) in [6.45, 7) is 0. The average molecular weight is 239 g/mol. The van der Waals surface area contributed by atoms with E-state index >= 15 is 0 Å². The van der Waals surface area contributed by atoms with Gasteiger partial charge in [-0.05, 0) is 24.3 Å². The Bertz CT molecular complexity index is 703. The van der Waals surface area contributed by atoms with E-state index in [1.165, 1.54) is 0 Å². The van der Waals surface area contributed by atoms with Gasteiger partial charge in [0.1, 0.15) is 17.4 Å². The smallest absolute Gasteiger partial charge is 0.146 e. The Morgan fingerprint density at radius 1 is 1.17 bits per heavy atom. The topological polar surface area (TPSA) is 52.5 Å². The molecule has 90 valence electrons. The fraction of sp³-hybridized carbons (Fsp3) is 0.0714. The molecule has 0 radical (unpaired) electrons. The number of rotatable bonds is 2. The maximum atomic E-state index is 6.00. The maximum Gasteiger partial charge on any atom is 0.146 e. The van der Waals surface area contributed by atoms with Crippen LogP contribution in [0.15, 0.2) is 48.7 Å². The van der Waals surface area contributed by atoms with Crippen LogP contribution >= 0.6 is 0 Å². The van der Waals surface area contributed by atoms with E-state index in [4.69, 9.17) is 10.5 Å². The molecule has 0 spiro atoms. The van der Waals surface area contributed by atoms with Crippen LogP contribution in [0.3, 0.4) is 0 Å². The lowest BCUT2D eigenvalue weighted by molar-refractivity contribution is 0.415. The predicted molar refractivity (Wildman–Crippen MR) is 71.6 cm³/mol. The molecule has 0 aliphatic carbocycles. The largest absolute Gasteiger partial charge is 0.497 e. The van der Waals surface area contributed by atoms with Crippen molar-refractivity contribution in [1.29, 1.82) is 0 Å². The molecule has 0 saturated heterocycles. The Balaban J connectivity index is 2.25. The van der Waals surface area contributed by atoms with Crippen molar-refractivity contribution in [3.8, 4) is 17.1 Å². The third-order valence-electron chi connectivity index (χ3n) is 2.91. The second kappa shape index (κ2) is 4.07. The Labute approximate surface area is 105 Å². The summed E-state index contributed by atoms with van der Waals surface area (Å²) in [4.78, 5) is 4.43. The molecule has 3 rings (SSSR count). The third-order valence-corrected chi connectivity index (χ3v) is 2.91. The summed E-state index contributed by atoms with van der Waals surface area (Å²) in [5.74, 6) is 2.29. The first-order chi connectivity index (χ1) is 8.79. The first kappa shape index (κ1) is 10.7. The molecule has 2 heterocycles. The number of nitrogens with two attached hydrogens (primary N) is 1. The number of anilines is 1. The number of hydrogen-bond donors (Lipinski definition) is 1. The Kier molecular flexibility index (Phi) is 2.41. The van der Waals surface area contributed by atoms with Crippen molar-refractivity contribution in [2.75, 3.05) is 12.8 Å². The molecule has 3 aromatic rings. The lowest BCUT2D eigenvalue weighted by Gasteiger charge is -2.06. The van der Waals surface area contributed by atoms with Gasteiger partial charge in [0.15, 0.2) is 0 Å². The molecule has 2 N–H and O–H groups in total. The molecular formula is C14H13N3O. The van der Waals surface area contributed by atoms with Crippen molar-refractivity contribution in [2.45, 2.75) is 0 Å². The van der Waals surface area contributed by atoms with Crippen molar-refractivity contribution in [2.24, 2.45) is 0 Å². The second-order valence-electron chi connectivity index (χ2n) is 4.02. The fourth-order valence-corrected chi connectivity index (χ4v) is 2.04. The van der Waals surface area contributed by atoms with Gasteiger partial charge in [-0.25, -0.2) is 4.98 Å². The molecule has 18 heavy (non-hydrogen) atoms. The number of hydrogen-bond acceptors (Lipinski definition) is 3. The van der Waals surface area contributed by atoms with E-state index in [0.717, 1.165) is 22.7 Å². The van der Waals surface area contributed by atoms with Crippen molar-refractivity contribution < 1.29 is 4.74 Å². The van der Waals surface area contributed by atoms with Gasteiger partial charge in [0.25, 0.3) is 0 Å². The highest BCUT2D eigenvalue weighted by Crippen LogP contribution is 2.25. The molecule has 0 fully saturated rings. The third kappa shape index (κ3) is 1.59. The normalized spacial score (nSPS) is 10.7. The zero-order valence-corrected chi connectivity index (χ0v) is 10.00. The van der Waals surface area contributed by atoms with E-state index in [0.29, 0.717) is 5.82 Å². The number of ether oxygens (including phenoxy) is 1. The van der Waals surface area contributed by atoms with Crippen molar-refractivity contribution >= 4 is 11.3 Å². The summed E-state index contributed by atoms with van der Waals surface area (Å²) >= 11 is 0. The molecule has 2 aromatic heterocycles. The van der Waals surface area contributed by atoms with E-state index in [1.807, 2.05) is 53.1 Å². The summed E-state index contributed by atoms with van der Waals surface area (Å²) in [6, 6.07) is 13.5. The average Bonchev–Trinajstić information content (AvgIpc) is 2.84. The van der Waals surface area contributed by atoms with Gasteiger partial charge in [0, 0.05) is 5.56 Å². The number of imidazole rings is 1. The van der Waals surface area contributed by atoms with Crippen LogP contribution < -0.4 is 10.5 Å². The molecule has 4 heteroatoms. The first-order valence-corrected chi connectivity index (χ1v) is 5.66. The van der Waals surface area contributed by atoms with Gasteiger partial charge < -0.3 is 10.5 Å². The first-order valence-electron chi connectivity index (χ1n) is 5.66. The molecule has 0 bridgehead atoms. The number of nitrogens with zero attached hydrogens (tertiary/aromatic N) is 2. The van der Waals surface area contributed by atoms with Crippen LogP contribution in [0.5, 0.6) is 5.75 Å². The van der Waals surface area contributed by atoms with Gasteiger partial charge in [-0.2, -0.15) is 0 Å². The van der Waals surface area contributed by atoms with Crippen LogP contribution in [0.25, 0.3) is 16.9 Å². The number of benzene rings is 1. The molecule has 0 saturated carbocycles. The van der Waals surface area contributed by atoms with Gasteiger partial charge in [-0.1, -0.05) is 18.2 Å². The number of fused-ring (bicyclic) bond motifs is 1. The van der Waals surface area contributed by atoms with Crippen molar-refractivity contribution in [3.63, 3.8) is 0 Å². The van der Waals surface area contributed by atoms with Crippen LogP contribution in [0.4, 0.5) is 5.82 Å². The molecule has 0 atom stereocenters. The number of methoxy groups -OCH3 is 1. The number of aromatic nitrogens is 2. The molecule has 1 aromatic carbocycles. The second-order valence-corrected chi connectivity index (χ2v) is 4.02. The molecule has 0 aliphatic heterocycles. The zero-order chi connectivity index (χ0) is 12.5. The van der Waals surface area contributed by atoms with E-state index in [1.54, 1.807) is 7.11 Å². The zero-order valence-electron chi connectivity index (χ0n) is 10.00. The van der Waals surface area contributed by atoms with Crippen LogP contribution in [0.2, 0.25) is 0 Å². The number of pyridine rings is 1. The summed E-state index contributed by atoms with van der Waals surface area (Å²) in [7, 11) is 1.65. The van der Waals surface area contributed by atoms with Gasteiger partial charge in [-0.3, -0.25) is 4.40 Å². The van der Waals surface area contributed by atoms with Gasteiger partial charge in [-0.15, -0.1) is 0 Å². The summed E-state index contributed by atoms with van der Waals surface area (Å²) in [5.41, 5.74) is 7.96. The van der Waals surface area contributed by atoms with Crippen LogP contribution in [0, 0.1) is 0 Å². The van der Waals surface area contributed by atoms with Gasteiger partial charge in [0.05, 0.1) is 18.8 Å². The van der Waals surface area contributed by atoms with E-state index in [9.17, 15) is 0 Å². The molecule has 0 aliphatic rings. The molecular weight excluding hydrogens is 226 g/mol. The minimum absolute atomic E-state index is 0.669. The van der Waals surface area contributed by atoms with Gasteiger partial charge in [0.2, 0.25) is 0 Å². The minimum Gasteiger partial charge on any atom is -0.497 e. The molecule has 0 unspecified atom stereocenters. The highest BCUT2D eigenvalue weighted by Gasteiger charge is 2.08. The SMILES string of the molecule is COc1cccc(-c2ncc3cccc(N)n23)c1. The lowest BCUT2D eigenvalue weighted by Crippen LogP contribution is -1.98. The summed E-state index contributed by atoms with van der Waals surface area (Å²) in [5, 5.41) is 0. The van der Waals surface area contributed by atoms with Crippen LogP contribution in [-0.2, 0) is 0 Å². The molecule has 0 amide bonds. The summed E-state index contributed by atoms with van der Waals surface area (Å²) in [6.07, 6.45) is 1.81. The van der Waals surface area contributed by atoms with Crippen LogP contribution in [0.1, 0.15) is 0 Å². The van der Waals surface area contributed by atoms with E-state index < -0.39 is 0 Å². The van der Waals surface area contributed by atoms with Crippen molar-refractivity contribution in [1.82, 2.24) is 9.38 Å². The van der Waals surface area contributed by atoms with E-state index in [2.05, 4.69) is 4.98 Å². The Hall–Kier alpha value is -2.49. The highest BCUT2D eigenvalue weighted by atomic mass is 16.5. The Morgan fingerprint density at radius 3 is 2.83 bits per heavy atom. The number of nitrogen functional groups attached to an aromatic ring is 1. The monoisotopic (exact) mass is 239 g/mol. The Morgan fingerprint density at radius 2 is 2.00 bits per heavy atom. The molecule has 4 nitrogen and oxygen atoms in total. The quantitative estimate of drug-likeness (QED) is 0.747. The fourth-order valence-electron chi connectivity index (χ4n) is 2.04. The highest BCUT2D eigenvalue weighted by molar-refractivity contribution is 5.66. The summed E-state index contributed by atoms with van der Waals surface area (Å²) < 4.78 is 7.15. The standard InChI is InChI=1S/C14H13N3O/c1-18-12-6-2-4-10(8-12)14-16-9-11-5-3-7-13(15)17(11)14/h2-9H,15H2,1H3. The predicted octanol–water partition coefficient (Wildman–Crippen LogP) is 2.59. The van der Waals surface area contributed by atoms with Crippen molar-refractivity contribution in [3.05, 3.63) is 48.7 Å². The van der Waals surface area contributed by atoms with E-state index in [-0.39, 0.29) is 0 Å². The van der Waals surface area contributed by atoms with Gasteiger partial charge >= 0.3 is 0 Å². The minimum atomic E-state index is 0.669. The maximum absolute atomic E-state index is 6.00. The lowest BCUT2D eigenvalue weighted by atomic mass is 10.2.